The largest absolute Gasteiger partial charge is 0.508 e. The minimum Gasteiger partial charge on any atom is -0.508 e. The van der Waals surface area contributed by atoms with E-state index in [2.05, 4.69) is 24.1 Å². The number of nitrogens with one attached hydrogen (secondary N) is 1. The minimum atomic E-state index is 0.341. The second-order valence-electron chi connectivity index (χ2n) is 6.29. The van der Waals surface area contributed by atoms with E-state index in [4.69, 9.17) is 0 Å². The molecule has 2 atom stereocenters. The van der Waals surface area contributed by atoms with Crippen molar-refractivity contribution in [2.45, 2.75) is 39.2 Å². The zero-order valence-electron chi connectivity index (χ0n) is 12.8. The Morgan fingerprint density at radius 1 is 1.15 bits per heavy atom. The molecule has 3 heteroatoms. The van der Waals surface area contributed by atoms with Crippen molar-refractivity contribution in [2.24, 2.45) is 5.92 Å². The lowest BCUT2D eigenvalue weighted by molar-refractivity contribution is 0.278. The first-order valence-electron chi connectivity index (χ1n) is 7.87. The van der Waals surface area contributed by atoms with Crippen molar-refractivity contribution in [3.63, 3.8) is 0 Å². The molecule has 1 fully saturated rings. The van der Waals surface area contributed by atoms with E-state index in [-0.39, 0.29) is 0 Å². The van der Waals surface area contributed by atoms with Gasteiger partial charge in [-0.2, -0.15) is 0 Å². The van der Waals surface area contributed by atoms with Crippen LogP contribution in [0.2, 0.25) is 0 Å². The molecule has 0 saturated carbocycles. The Balaban J connectivity index is 1.66. The number of nitrogens with zero attached hydrogens (tertiary/aromatic N) is 1. The lowest BCUT2D eigenvalue weighted by atomic mass is 10.1. The van der Waals surface area contributed by atoms with E-state index >= 15 is 0 Å². The van der Waals surface area contributed by atoms with Gasteiger partial charge in [0.25, 0.3) is 0 Å². The normalized spacial score (nSPS) is 19.1. The molecule has 1 aromatic rings. The van der Waals surface area contributed by atoms with Crippen LogP contribution < -0.4 is 5.32 Å². The summed E-state index contributed by atoms with van der Waals surface area (Å²) in [4.78, 5) is 2.58. The molecule has 2 unspecified atom stereocenters. The van der Waals surface area contributed by atoms with Gasteiger partial charge in [0.05, 0.1) is 0 Å². The van der Waals surface area contributed by atoms with Crippen molar-refractivity contribution in [3.05, 3.63) is 29.8 Å². The number of rotatable bonds is 7. The van der Waals surface area contributed by atoms with Crippen LogP contribution in [0.1, 0.15) is 32.3 Å². The summed E-state index contributed by atoms with van der Waals surface area (Å²) in [5, 5.41) is 12.9. The summed E-state index contributed by atoms with van der Waals surface area (Å²) in [6, 6.07) is 8.00. The van der Waals surface area contributed by atoms with Crippen molar-refractivity contribution in [1.29, 1.82) is 0 Å². The highest BCUT2D eigenvalue weighted by Gasteiger charge is 2.15. The first-order chi connectivity index (χ1) is 9.63. The second-order valence-corrected chi connectivity index (χ2v) is 6.29. The third-order valence-corrected chi connectivity index (χ3v) is 4.06. The average Bonchev–Trinajstić information content (AvgIpc) is 2.92. The Morgan fingerprint density at radius 2 is 1.80 bits per heavy atom. The van der Waals surface area contributed by atoms with Gasteiger partial charge >= 0.3 is 0 Å². The zero-order chi connectivity index (χ0) is 14.4. The fourth-order valence-corrected chi connectivity index (χ4v) is 2.93. The van der Waals surface area contributed by atoms with Crippen LogP contribution in [0.4, 0.5) is 0 Å². The van der Waals surface area contributed by atoms with Crippen molar-refractivity contribution in [3.8, 4) is 5.75 Å². The quantitative estimate of drug-likeness (QED) is 0.803. The monoisotopic (exact) mass is 276 g/mol. The summed E-state index contributed by atoms with van der Waals surface area (Å²) in [5.74, 6) is 1.05. The molecule has 1 saturated heterocycles. The van der Waals surface area contributed by atoms with E-state index in [1.807, 2.05) is 12.1 Å². The van der Waals surface area contributed by atoms with Crippen LogP contribution in [0.3, 0.4) is 0 Å². The third-order valence-electron chi connectivity index (χ3n) is 4.06. The predicted molar refractivity (Wildman–Crippen MR) is 84.1 cm³/mol. The molecule has 1 aliphatic heterocycles. The minimum absolute atomic E-state index is 0.341. The first-order valence-corrected chi connectivity index (χ1v) is 7.87. The van der Waals surface area contributed by atoms with Crippen LogP contribution in [0, 0.1) is 5.92 Å². The van der Waals surface area contributed by atoms with Crippen molar-refractivity contribution in [1.82, 2.24) is 10.2 Å². The van der Waals surface area contributed by atoms with Crippen LogP contribution in [0.5, 0.6) is 5.75 Å². The molecule has 3 nitrogen and oxygen atoms in total. The summed E-state index contributed by atoms with van der Waals surface area (Å²) in [5.41, 5.74) is 1.27. The van der Waals surface area contributed by atoms with Gasteiger partial charge in [-0.3, -0.25) is 0 Å². The zero-order valence-corrected chi connectivity index (χ0v) is 12.8. The highest BCUT2D eigenvalue weighted by molar-refractivity contribution is 5.26. The van der Waals surface area contributed by atoms with Gasteiger partial charge in [-0.05, 0) is 69.4 Å². The molecule has 0 bridgehead atoms. The maximum absolute atomic E-state index is 9.28. The molecule has 20 heavy (non-hydrogen) atoms. The number of benzene rings is 1. The number of phenols is 1. The highest BCUT2D eigenvalue weighted by Crippen LogP contribution is 2.12. The highest BCUT2D eigenvalue weighted by atomic mass is 16.3. The maximum atomic E-state index is 9.28. The summed E-state index contributed by atoms with van der Waals surface area (Å²) < 4.78 is 0. The third kappa shape index (κ3) is 5.14. The molecule has 2 N–H and O–H groups in total. The number of likely N-dealkylation sites (tertiary alicyclic amines) is 1. The van der Waals surface area contributed by atoms with Crippen LogP contribution in [-0.2, 0) is 6.42 Å². The van der Waals surface area contributed by atoms with Crippen LogP contribution in [0.25, 0.3) is 0 Å². The fraction of sp³-hybridized carbons (Fsp3) is 0.647. The number of aromatic hydroxyl groups is 1. The van der Waals surface area contributed by atoms with Crippen molar-refractivity contribution >= 4 is 0 Å². The standard InChI is InChI=1S/C17H28N2O/c1-14(13-19-9-3-4-10-19)12-18-15(2)11-16-5-7-17(20)8-6-16/h5-8,14-15,18,20H,3-4,9-13H2,1-2H3. The Hall–Kier alpha value is -1.06. The Kier molecular flexibility index (Phi) is 5.86. The fourth-order valence-electron chi connectivity index (χ4n) is 2.93. The summed E-state index contributed by atoms with van der Waals surface area (Å²) >= 11 is 0. The number of hydrogen-bond acceptors (Lipinski definition) is 3. The molecular weight excluding hydrogens is 248 g/mol. The van der Waals surface area contributed by atoms with Gasteiger partial charge in [0, 0.05) is 12.6 Å². The summed E-state index contributed by atoms with van der Waals surface area (Å²) in [6.45, 7) is 9.43. The maximum Gasteiger partial charge on any atom is 0.115 e. The lowest BCUT2D eigenvalue weighted by Crippen LogP contribution is -2.36. The molecule has 1 aromatic carbocycles. The first kappa shape index (κ1) is 15.3. The Morgan fingerprint density at radius 3 is 2.45 bits per heavy atom. The van der Waals surface area contributed by atoms with Gasteiger partial charge in [-0.15, -0.1) is 0 Å². The van der Waals surface area contributed by atoms with Gasteiger partial charge in [-0.1, -0.05) is 19.1 Å². The Bertz CT molecular complexity index is 384. The van der Waals surface area contributed by atoms with Crippen molar-refractivity contribution in [2.75, 3.05) is 26.2 Å². The van der Waals surface area contributed by atoms with E-state index in [0.717, 1.165) is 13.0 Å². The molecule has 112 valence electrons. The van der Waals surface area contributed by atoms with E-state index in [1.54, 1.807) is 12.1 Å². The average molecular weight is 276 g/mol. The summed E-state index contributed by atoms with van der Waals surface area (Å²) in [6.07, 6.45) is 3.76. The molecule has 0 aliphatic carbocycles. The number of phenolic OH excluding ortho intramolecular Hbond substituents is 1. The molecule has 0 aromatic heterocycles. The Labute approximate surface area is 123 Å². The topological polar surface area (TPSA) is 35.5 Å². The van der Waals surface area contributed by atoms with Gasteiger partial charge in [0.1, 0.15) is 5.75 Å². The van der Waals surface area contributed by atoms with Crippen molar-refractivity contribution < 1.29 is 5.11 Å². The van der Waals surface area contributed by atoms with Gasteiger partial charge in [0.2, 0.25) is 0 Å². The molecule has 0 spiro atoms. The van der Waals surface area contributed by atoms with Gasteiger partial charge in [0.15, 0.2) is 0 Å². The molecule has 0 amide bonds. The second kappa shape index (κ2) is 7.65. The lowest BCUT2D eigenvalue weighted by Gasteiger charge is -2.22. The van der Waals surface area contributed by atoms with Crippen LogP contribution >= 0.6 is 0 Å². The molecule has 2 rings (SSSR count). The van der Waals surface area contributed by atoms with Crippen LogP contribution in [-0.4, -0.2) is 42.2 Å². The van der Waals surface area contributed by atoms with Gasteiger partial charge < -0.3 is 15.3 Å². The SMILES string of the molecule is CC(CNC(C)Cc1ccc(O)cc1)CN1CCCC1. The molecule has 0 radical (unpaired) electrons. The van der Waals surface area contributed by atoms with E-state index in [0.29, 0.717) is 17.7 Å². The van der Waals surface area contributed by atoms with E-state index < -0.39 is 0 Å². The van der Waals surface area contributed by atoms with Gasteiger partial charge in [-0.25, -0.2) is 0 Å². The molecular formula is C17H28N2O. The smallest absolute Gasteiger partial charge is 0.115 e. The molecule has 1 aliphatic rings. The molecule has 1 heterocycles. The van der Waals surface area contributed by atoms with E-state index in [9.17, 15) is 5.11 Å². The number of hydrogen-bond donors (Lipinski definition) is 2. The summed E-state index contributed by atoms with van der Waals surface area (Å²) in [7, 11) is 0. The van der Waals surface area contributed by atoms with Crippen LogP contribution in [0.15, 0.2) is 24.3 Å². The van der Waals surface area contributed by atoms with E-state index in [1.165, 1.54) is 38.0 Å². The predicted octanol–water partition coefficient (Wildman–Crippen LogP) is 2.64.